The summed E-state index contributed by atoms with van der Waals surface area (Å²) in [4.78, 5) is 25.6. The van der Waals surface area contributed by atoms with Crippen molar-refractivity contribution in [1.82, 2.24) is 14.8 Å². The van der Waals surface area contributed by atoms with Crippen LogP contribution >= 0.6 is 0 Å². The van der Waals surface area contributed by atoms with Gasteiger partial charge in [0.1, 0.15) is 17.4 Å². The molecule has 0 aliphatic carbocycles. The topological polar surface area (TPSA) is 78.1 Å². The molecule has 2 N–H and O–H groups in total. The van der Waals surface area contributed by atoms with Gasteiger partial charge in [-0.15, -0.1) is 0 Å². The van der Waals surface area contributed by atoms with Gasteiger partial charge in [0.25, 0.3) is 0 Å². The van der Waals surface area contributed by atoms with Gasteiger partial charge in [-0.1, -0.05) is 6.58 Å². The maximum Gasteiger partial charge on any atom is 0.419 e. The fourth-order valence-electron chi connectivity index (χ4n) is 3.62. The molecule has 1 saturated heterocycles. The zero-order valence-electron chi connectivity index (χ0n) is 20.8. The van der Waals surface area contributed by atoms with Crippen LogP contribution in [0.1, 0.15) is 11.1 Å². The molecule has 2 aromatic rings. The number of benzene rings is 1. The van der Waals surface area contributed by atoms with Crippen molar-refractivity contribution in [3.05, 3.63) is 89.9 Å². The minimum absolute atomic E-state index is 0.0400. The quantitative estimate of drug-likeness (QED) is 0.250. The highest BCUT2D eigenvalue weighted by atomic mass is 19.4. The fourth-order valence-corrected chi connectivity index (χ4v) is 3.62. The molecule has 0 unspecified atom stereocenters. The molecule has 0 radical (unpaired) electrons. The summed E-state index contributed by atoms with van der Waals surface area (Å²) in [5.74, 6) is -2.58. The SMILES string of the molecule is C=C(N=C(/C=C(\N)c1ccc(F)c(F)c1)N1CCN(c2ncccc2C(F)(F)F)CC1)C(=O)/C=C\N(C)C. The van der Waals surface area contributed by atoms with Gasteiger partial charge in [0.05, 0.1) is 5.56 Å². The van der Waals surface area contributed by atoms with Crippen molar-refractivity contribution in [2.45, 2.75) is 6.18 Å². The molecule has 1 aliphatic heterocycles. The summed E-state index contributed by atoms with van der Waals surface area (Å²) >= 11 is 0. The highest BCUT2D eigenvalue weighted by Gasteiger charge is 2.36. The van der Waals surface area contributed by atoms with Gasteiger partial charge in [-0.3, -0.25) is 4.79 Å². The summed E-state index contributed by atoms with van der Waals surface area (Å²) in [7, 11) is 3.47. The highest BCUT2D eigenvalue weighted by Crippen LogP contribution is 2.35. The lowest BCUT2D eigenvalue weighted by atomic mass is 10.1. The molecule has 1 aromatic carbocycles. The van der Waals surface area contributed by atoms with Crippen molar-refractivity contribution in [2.24, 2.45) is 10.7 Å². The number of alkyl halides is 3. The van der Waals surface area contributed by atoms with Crippen LogP contribution in [0.25, 0.3) is 5.70 Å². The number of piperazine rings is 1. The Balaban J connectivity index is 1.90. The van der Waals surface area contributed by atoms with Gasteiger partial charge in [-0.2, -0.15) is 13.2 Å². The highest BCUT2D eigenvalue weighted by molar-refractivity contribution is 6.07. The normalized spacial score (nSPS) is 15.2. The Labute approximate surface area is 217 Å². The third-order valence-corrected chi connectivity index (χ3v) is 5.59. The van der Waals surface area contributed by atoms with Crippen molar-refractivity contribution < 1.29 is 26.7 Å². The van der Waals surface area contributed by atoms with Crippen LogP contribution in [0.4, 0.5) is 27.8 Å². The number of allylic oxidation sites excluding steroid dienone is 1. The number of halogens is 5. The summed E-state index contributed by atoms with van der Waals surface area (Å²) < 4.78 is 67.6. The number of aliphatic imine (C=N–C) groups is 1. The van der Waals surface area contributed by atoms with Crippen LogP contribution in [0.15, 0.2) is 72.1 Å². The molecule has 0 amide bonds. The molecular weight excluding hydrogens is 507 g/mol. The van der Waals surface area contributed by atoms with Crippen molar-refractivity contribution in [3.8, 4) is 0 Å². The van der Waals surface area contributed by atoms with Crippen molar-refractivity contribution in [2.75, 3.05) is 45.2 Å². The van der Waals surface area contributed by atoms with E-state index >= 15 is 0 Å². The maximum atomic E-state index is 13.8. The van der Waals surface area contributed by atoms with Crippen LogP contribution in [0.2, 0.25) is 0 Å². The van der Waals surface area contributed by atoms with E-state index in [0.29, 0.717) is 0 Å². The third-order valence-electron chi connectivity index (χ3n) is 5.59. The molecule has 3 rings (SSSR count). The van der Waals surface area contributed by atoms with E-state index in [2.05, 4.69) is 16.6 Å². The molecule has 7 nitrogen and oxygen atoms in total. The predicted octanol–water partition coefficient (Wildman–Crippen LogP) is 4.06. The Kier molecular flexibility index (Phi) is 8.87. The second-order valence-electron chi connectivity index (χ2n) is 8.64. The van der Waals surface area contributed by atoms with E-state index in [-0.39, 0.29) is 54.8 Å². The number of amidine groups is 1. The summed E-state index contributed by atoms with van der Waals surface area (Å²) in [6.07, 6.45) is 0.930. The van der Waals surface area contributed by atoms with Gasteiger partial charge in [-0.25, -0.2) is 18.8 Å². The maximum absolute atomic E-state index is 13.8. The lowest BCUT2D eigenvalue weighted by Crippen LogP contribution is -2.49. The molecule has 1 aliphatic rings. The monoisotopic (exact) mass is 534 g/mol. The predicted molar refractivity (Wildman–Crippen MR) is 136 cm³/mol. The molecule has 0 atom stereocenters. The van der Waals surface area contributed by atoms with Gasteiger partial charge >= 0.3 is 6.18 Å². The number of hydrogen-bond donors (Lipinski definition) is 1. The molecule has 2 heterocycles. The average molecular weight is 535 g/mol. The van der Waals surface area contributed by atoms with E-state index in [4.69, 9.17) is 5.73 Å². The first-order valence-electron chi connectivity index (χ1n) is 11.5. The number of carbonyl (C=O) groups is 1. The molecule has 202 valence electrons. The number of rotatable bonds is 7. The Hall–Kier alpha value is -4.22. The van der Waals surface area contributed by atoms with Crippen molar-refractivity contribution >= 4 is 23.1 Å². The zero-order valence-corrected chi connectivity index (χ0v) is 20.8. The minimum atomic E-state index is -4.56. The van der Waals surface area contributed by atoms with E-state index in [9.17, 15) is 26.7 Å². The number of nitrogens with two attached hydrogens (primary N) is 1. The number of pyridine rings is 1. The van der Waals surface area contributed by atoms with Crippen LogP contribution in [0.3, 0.4) is 0 Å². The van der Waals surface area contributed by atoms with Gasteiger partial charge in [0.15, 0.2) is 11.6 Å². The molecule has 12 heteroatoms. The van der Waals surface area contributed by atoms with Crippen molar-refractivity contribution in [1.29, 1.82) is 0 Å². The van der Waals surface area contributed by atoms with E-state index in [1.54, 1.807) is 23.9 Å². The van der Waals surface area contributed by atoms with Crippen LogP contribution in [0.5, 0.6) is 0 Å². The second kappa shape index (κ2) is 11.9. The van der Waals surface area contributed by atoms with Gasteiger partial charge in [0, 0.05) is 76.1 Å². The molecule has 0 spiro atoms. The fraction of sp³-hybridized carbons (Fsp3) is 0.269. The summed E-state index contributed by atoms with van der Waals surface area (Å²) in [5, 5.41) is 0. The number of carbonyl (C=O) groups excluding carboxylic acids is 1. The number of nitrogens with zero attached hydrogens (tertiary/aromatic N) is 5. The van der Waals surface area contributed by atoms with Crippen LogP contribution < -0.4 is 10.6 Å². The lowest BCUT2D eigenvalue weighted by molar-refractivity contribution is -0.137. The second-order valence-corrected chi connectivity index (χ2v) is 8.64. The summed E-state index contributed by atoms with van der Waals surface area (Å²) in [6.45, 7) is 4.47. The first-order valence-corrected chi connectivity index (χ1v) is 11.5. The number of anilines is 1. The smallest absolute Gasteiger partial charge is 0.398 e. The molecule has 1 fully saturated rings. The van der Waals surface area contributed by atoms with E-state index in [1.807, 2.05) is 0 Å². The zero-order chi connectivity index (χ0) is 28.0. The van der Waals surface area contributed by atoms with Crippen molar-refractivity contribution in [3.63, 3.8) is 0 Å². The molecular formula is C26H27F5N6O. The largest absolute Gasteiger partial charge is 0.419 e. The first kappa shape index (κ1) is 28.4. The lowest BCUT2D eigenvalue weighted by Gasteiger charge is -2.37. The standard InChI is InChI=1S/C26H27F5N6O/c1-17(23(38)8-10-35(2)3)34-24(16-22(32)18-6-7-20(27)21(28)15-18)36-11-13-37(14-12-36)25-19(26(29,30)31)5-4-9-33-25/h4-10,15-16H,1,11-14,32H2,2-3H3/b10-8-,22-16-,34-24?. The first-order chi connectivity index (χ1) is 17.9. The molecule has 0 saturated carbocycles. The Morgan fingerprint density at radius 3 is 2.42 bits per heavy atom. The summed E-state index contributed by atoms with van der Waals surface area (Å²) in [6, 6.07) is 5.35. The number of hydrogen-bond acceptors (Lipinski definition) is 6. The Morgan fingerprint density at radius 2 is 1.82 bits per heavy atom. The average Bonchev–Trinajstić information content (AvgIpc) is 2.87. The Morgan fingerprint density at radius 1 is 1.13 bits per heavy atom. The molecule has 0 bridgehead atoms. The third kappa shape index (κ3) is 7.17. The van der Waals surface area contributed by atoms with Crippen LogP contribution in [0, 0.1) is 11.6 Å². The molecule has 1 aromatic heterocycles. The Bertz CT molecular complexity index is 1280. The van der Waals surface area contributed by atoms with Gasteiger partial charge in [0.2, 0.25) is 5.78 Å². The minimum Gasteiger partial charge on any atom is -0.398 e. The van der Waals surface area contributed by atoms with E-state index in [1.165, 1.54) is 41.6 Å². The van der Waals surface area contributed by atoms with Gasteiger partial charge in [-0.05, 0) is 30.3 Å². The summed E-state index contributed by atoms with van der Waals surface area (Å²) in [5.41, 5.74) is 5.42. The van der Waals surface area contributed by atoms with Gasteiger partial charge < -0.3 is 20.4 Å². The van der Waals surface area contributed by atoms with E-state index in [0.717, 1.165) is 18.2 Å². The van der Waals surface area contributed by atoms with Crippen LogP contribution in [-0.4, -0.2) is 66.7 Å². The van der Waals surface area contributed by atoms with E-state index < -0.39 is 29.2 Å². The van der Waals surface area contributed by atoms with Crippen LogP contribution in [-0.2, 0) is 11.0 Å². The number of ketones is 1. The number of aromatic nitrogens is 1. The molecule has 38 heavy (non-hydrogen) atoms.